The van der Waals surface area contributed by atoms with E-state index in [1.54, 1.807) is 0 Å². The Bertz CT molecular complexity index is 355. The molecule has 1 aromatic carbocycles. The first kappa shape index (κ1) is 18.0. The van der Waals surface area contributed by atoms with Crippen LogP contribution in [0.15, 0.2) is 28.7 Å². The number of benzene rings is 1. The summed E-state index contributed by atoms with van der Waals surface area (Å²) < 4.78 is 1.21. The molecule has 4 heteroatoms. The van der Waals surface area contributed by atoms with Crippen LogP contribution in [0.2, 0.25) is 0 Å². The molecule has 1 rings (SSSR count). The summed E-state index contributed by atoms with van der Waals surface area (Å²) in [5.74, 6) is 0. The van der Waals surface area contributed by atoms with Gasteiger partial charge < -0.3 is 10.8 Å². The van der Waals surface area contributed by atoms with Crippen LogP contribution in [0, 0.1) is 0 Å². The van der Waals surface area contributed by atoms with E-state index < -0.39 is 5.54 Å². The van der Waals surface area contributed by atoms with Crippen molar-refractivity contribution in [1.82, 2.24) is 0 Å². The van der Waals surface area contributed by atoms with Crippen molar-refractivity contribution in [3.63, 3.8) is 0 Å². The van der Waals surface area contributed by atoms with Gasteiger partial charge in [-0.25, -0.2) is 0 Å². The van der Waals surface area contributed by atoms with Crippen LogP contribution in [0.3, 0.4) is 0 Å². The quantitative estimate of drug-likeness (QED) is 0.738. The molecule has 0 amide bonds. The second-order valence-electron chi connectivity index (χ2n) is 5.57. The molecule has 0 unspecified atom stereocenters. The van der Waals surface area contributed by atoms with Gasteiger partial charge in [0.2, 0.25) is 0 Å². The van der Waals surface area contributed by atoms with Crippen molar-refractivity contribution in [2.75, 3.05) is 6.61 Å². The van der Waals surface area contributed by atoms with Crippen LogP contribution in [-0.2, 0) is 5.54 Å². The minimum Gasteiger partial charge on any atom is -0.396 e. The lowest BCUT2D eigenvalue weighted by atomic mass is 9.90. The molecule has 0 aliphatic rings. The smallest absolute Gasteiger partial charge is 0.0451 e. The van der Waals surface area contributed by atoms with E-state index >= 15 is 0 Å². The SMILES string of the molecule is CC(C)(C)S.C[C@](N)(CCO)c1cccc(Br)c1. The van der Waals surface area contributed by atoms with Gasteiger partial charge in [-0.3, -0.25) is 0 Å². The lowest BCUT2D eigenvalue weighted by Crippen LogP contribution is -2.33. The molecule has 18 heavy (non-hydrogen) atoms. The minimum atomic E-state index is -0.446. The molecular weight excluding hydrogens is 310 g/mol. The van der Waals surface area contributed by atoms with Crippen LogP contribution in [0.1, 0.15) is 39.7 Å². The zero-order valence-corrected chi connectivity index (χ0v) is 14.1. The Morgan fingerprint density at radius 1 is 1.28 bits per heavy atom. The summed E-state index contributed by atoms with van der Waals surface area (Å²) in [4.78, 5) is 0. The largest absolute Gasteiger partial charge is 0.396 e. The third-order valence-corrected chi connectivity index (χ3v) is 2.61. The van der Waals surface area contributed by atoms with E-state index in [9.17, 15) is 0 Å². The Morgan fingerprint density at radius 3 is 2.17 bits per heavy atom. The lowest BCUT2D eigenvalue weighted by molar-refractivity contribution is 0.247. The van der Waals surface area contributed by atoms with Crippen LogP contribution < -0.4 is 5.73 Å². The third-order valence-electron chi connectivity index (χ3n) is 2.12. The van der Waals surface area contributed by atoms with Crippen LogP contribution in [0.25, 0.3) is 0 Å². The number of aliphatic hydroxyl groups excluding tert-OH is 1. The van der Waals surface area contributed by atoms with Crippen molar-refractivity contribution >= 4 is 28.6 Å². The van der Waals surface area contributed by atoms with E-state index in [-0.39, 0.29) is 11.4 Å². The van der Waals surface area contributed by atoms with Crippen LogP contribution in [-0.4, -0.2) is 16.5 Å². The maximum Gasteiger partial charge on any atom is 0.0451 e. The predicted molar refractivity (Wildman–Crippen MR) is 86.1 cm³/mol. The van der Waals surface area contributed by atoms with E-state index in [4.69, 9.17) is 10.8 Å². The lowest BCUT2D eigenvalue weighted by Gasteiger charge is -2.24. The van der Waals surface area contributed by atoms with Crippen LogP contribution in [0.4, 0.5) is 0 Å². The van der Waals surface area contributed by atoms with Crippen molar-refractivity contribution in [3.8, 4) is 0 Å². The average molecular weight is 334 g/mol. The van der Waals surface area contributed by atoms with Gasteiger partial charge >= 0.3 is 0 Å². The fourth-order valence-corrected chi connectivity index (χ4v) is 1.62. The molecule has 0 heterocycles. The van der Waals surface area contributed by atoms with Crippen LogP contribution in [0.5, 0.6) is 0 Å². The van der Waals surface area contributed by atoms with Gasteiger partial charge in [0.05, 0.1) is 0 Å². The summed E-state index contributed by atoms with van der Waals surface area (Å²) in [6.45, 7) is 8.19. The molecule has 0 saturated heterocycles. The van der Waals surface area contributed by atoms with Gasteiger partial charge in [0.25, 0.3) is 0 Å². The van der Waals surface area contributed by atoms with Gasteiger partial charge in [-0.15, -0.1) is 0 Å². The Labute approximate surface area is 125 Å². The summed E-state index contributed by atoms with van der Waals surface area (Å²) in [5.41, 5.74) is 6.63. The van der Waals surface area contributed by atoms with Crippen molar-refractivity contribution in [2.24, 2.45) is 5.73 Å². The molecule has 2 nitrogen and oxygen atoms in total. The first-order chi connectivity index (χ1) is 8.06. The first-order valence-corrected chi connectivity index (χ1v) is 7.18. The van der Waals surface area contributed by atoms with E-state index in [1.807, 2.05) is 31.2 Å². The van der Waals surface area contributed by atoms with Crippen molar-refractivity contribution in [3.05, 3.63) is 34.3 Å². The molecule has 3 N–H and O–H groups in total. The third kappa shape index (κ3) is 8.97. The van der Waals surface area contributed by atoms with Crippen molar-refractivity contribution in [2.45, 2.75) is 44.4 Å². The molecule has 0 aliphatic carbocycles. The van der Waals surface area contributed by atoms with E-state index in [2.05, 4.69) is 49.3 Å². The first-order valence-electron chi connectivity index (χ1n) is 5.94. The zero-order chi connectivity index (χ0) is 14.4. The fourth-order valence-electron chi connectivity index (χ4n) is 1.22. The van der Waals surface area contributed by atoms with Gasteiger partial charge in [0, 0.05) is 21.4 Å². The summed E-state index contributed by atoms with van der Waals surface area (Å²) in [6.07, 6.45) is 0.573. The highest BCUT2D eigenvalue weighted by atomic mass is 79.9. The van der Waals surface area contributed by atoms with E-state index in [1.165, 1.54) is 0 Å². The molecular formula is C14H24BrNOS. The number of nitrogens with two attached hydrogens (primary N) is 1. The Hall–Kier alpha value is -0.0300. The molecule has 0 spiro atoms. The number of hydrogen-bond acceptors (Lipinski definition) is 3. The number of aliphatic hydroxyl groups is 1. The highest BCUT2D eigenvalue weighted by Gasteiger charge is 2.20. The topological polar surface area (TPSA) is 46.2 Å². The van der Waals surface area contributed by atoms with Gasteiger partial charge in [-0.05, 0) is 31.0 Å². The van der Waals surface area contributed by atoms with Gasteiger partial charge in [-0.1, -0.05) is 48.8 Å². The van der Waals surface area contributed by atoms with E-state index in [0.717, 1.165) is 10.0 Å². The maximum absolute atomic E-state index is 8.84. The Morgan fingerprint density at radius 2 is 1.78 bits per heavy atom. The molecule has 0 fully saturated rings. The minimum absolute atomic E-state index is 0.111. The summed E-state index contributed by atoms with van der Waals surface area (Å²) in [7, 11) is 0. The second-order valence-corrected chi connectivity index (χ2v) is 7.83. The second kappa shape index (κ2) is 7.53. The molecule has 1 aromatic rings. The van der Waals surface area contributed by atoms with Gasteiger partial charge in [0.15, 0.2) is 0 Å². The summed E-state index contributed by atoms with van der Waals surface area (Å²) >= 11 is 7.51. The predicted octanol–water partition coefficient (Wildman–Crippen LogP) is 3.72. The molecule has 0 radical (unpaired) electrons. The Balaban J connectivity index is 0.000000494. The average Bonchev–Trinajstić information content (AvgIpc) is 2.15. The number of rotatable bonds is 3. The summed E-state index contributed by atoms with van der Waals surface area (Å²) in [5, 5.41) is 8.84. The van der Waals surface area contributed by atoms with Gasteiger partial charge in [0.1, 0.15) is 0 Å². The van der Waals surface area contributed by atoms with Crippen molar-refractivity contribution in [1.29, 1.82) is 0 Å². The Kier molecular flexibility index (Phi) is 7.52. The number of thiol groups is 1. The van der Waals surface area contributed by atoms with Gasteiger partial charge in [-0.2, -0.15) is 12.6 Å². The molecule has 0 saturated carbocycles. The highest BCUT2D eigenvalue weighted by molar-refractivity contribution is 9.10. The van der Waals surface area contributed by atoms with Crippen LogP contribution >= 0.6 is 28.6 Å². The molecule has 0 aliphatic heterocycles. The van der Waals surface area contributed by atoms with Crippen molar-refractivity contribution < 1.29 is 5.11 Å². The molecule has 0 bridgehead atoms. The monoisotopic (exact) mass is 333 g/mol. The van der Waals surface area contributed by atoms with E-state index in [0.29, 0.717) is 6.42 Å². The number of halogens is 1. The maximum atomic E-state index is 8.84. The molecule has 1 atom stereocenters. The fraction of sp³-hybridized carbons (Fsp3) is 0.571. The highest BCUT2D eigenvalue weighted by Crippen LogP contribution is 2.23. The summed E-state index contributed by atoms with van der Waals surface area (Å²) in [6, 6.07) is 7.86. The molecule has 104 valence electrons. The molecule has 0 aromatic heterocycles. The zero-order valence-electron chi connectivity index (χ0n) is 11.6. The standard InChI is InChI=1S/C10H14BrNO.C4H10S/c1-10(12,5-6-13)8-3-2-4-9(11)7-8;1-4(2,3)5/h2-4,7,13H,5-6,12H2,1H3;5H,1-3H3/t10-;/m0./s1. The normalized spacial score (nSPS) is 14.4. The number of hydrogen-bond donors (Lipinski definition) is 3.